The van der Waals surface area contributed by atoms with Gasteiger partial charge in [0.2, 0.25) is 5.72 Å². The summed E-state index contributed by atoms with van der Waals surface area (Å²) in [6.45, 7) is 1.84. The highest BCUT2D eigenvalue weighted by Gasteiger charge is 2.58. The van der Waals surface area contributed by atoms with Gasteiger partial charge >= 0.3 is 16.4 Å². The molecule has 2 bridgehead atoms. The van der Waals surface area contributed by atoms with Gasteiger partial charge in [-0.1, -0.05) is 0 Å². The number of hydrogen-bond acceptors (Lipinski definition) is 7. The lowest BCUT2D eigenvalue weighted by Crippen LogP contribution is -2.62. The first-order valence-corrected chi connectivity index (χ1v) is 11.1. The second-order valence-electron chi connectivity index (χ2n) is 7.96. The normalized spacial score (nSPS) is 31.5. The molecule has 13 heteroatoms. The van der Waals surface area contributed by atoms with E-state index in [4.69, 9.17) is 15.0 Å². The minimum absolute atomic E-state index is 0.00560. The number of hydrogen-bond donors (Lipinski definition) is 3. The summed E-state index contributed by atoms with van der Waals surface area (Å²) in [5, 5.41) is 3.93. The number of carbonyl (C=O) groups is 2. The van der Waals surface area contributed by atoms with Crippen molar-refractivity contribution in [3.8, 4) is 0 Å². The largest absolute Gasteiger partial charge is 0.418 e. The number of ether oxygens (including phenoxy) is 1. The van der Waals surface area contributed by atoms with Crippen LogP contribution in [0.15, 0.2) is 24.5 Å². The molecule has 4 rings (SSSR count). The molecule has 4 heterocycles. The fraction of sp³-hybridized carbons (Fsp3) is 0.647. The summed E-state index contributed by atoms with van der Waals surface area (Å²) in [6, 6.07) is 2.41. The molecule has 0 aromatic carbocycles. The van der Waals surface area contributed by atoms with Crippen molar-refractivity contribution < 1.29 is 31.6 Å². The molecule has 166 valence electrons. The molecule has 3 saturated heterocycles. The van der Waals surface area contributed by atoms with E-state index < -0.39 is 34.1 Å². The average molecular weight is 443 g/mol. The molecular formula is C17H25N5O7S. The van der Waals surface area contributed by atoms with E-state index in [1.54, 1.807) is 0 Å². The van der Waals surface area contributed by atoms with Gasteiger partial charge in [-0.25, -0.2) is 4.79 Å². The molecule has 3 aliphatic rings. The van der Waals surface area contributed by atoms with Gasteiger partial charge in [-0.2, -0.15) is 13.5 Å². The van der Waals surface area contributed by atoms with Crippen molar-refractivity contribution in [1.82, 2.24) is 19.8 Å². The number of primary amides is 1. The Morgan fingerprint density at radius 2 is 2.10 bits per heavy atom. The number of urea groups is 1. The molecule has 2 unspecified atom stereocenters. The minimum Gasteiger partial charge on any atom is -0.365 e. The first-order chi connectivity index (χ1) is 14.2. The third-order valence-corrected chi connectivity index (χ3v) is 6.28. The second kappa shape index (κ2) is 7.81. The summed E-state index contributed by atoms with van der Waals surface area (Å²) in [7, 11) is -4.88. The summed E-state index contributed by atoms with van der Waals surface area (Å²) in [5.74, 6) is -0.428. The first kappa shape index (κ1) is 21.1. The summed E-state index contributed by atoms with van der Waals surface area (Å²) in [4.78, 5) is 26.1. The van der Waals surface area contributed by atoms with Gasteiger partial charge in [0, 0.05) is 44.5 Å². The lowest BCUT2D eigenvalue weighted by molar-refractivity contribution is -0.175. The number of aromatic nitrogens is 1. The molecule has 12 nitrogen and oxygen atoms in total. The molecule has 3 amide bonds. The van der Waals surface area contributed by atoms with Gasteiger partial charge in [0.15, 0.2) is 0 Å². The van der Waals surface area contributed by atoms with E-state index in [0.717, 1.165) is 24.4 Å². The smallest absolute Gasteiger partial charge is 0.365 e. The van der Waals surface area contributed by atoms with Crippen molar-refractivity contribution in [2.75, 3.05) is 19.7 Å². The number of nitrogens with two attached hydrogens (primary N) is 1. The Morgan fingerprint density at radius 3 is 2.77 bits per heavy atom. The quantitative estimate of drug-likeness (QED) is 0.445. The maximum Gasteiger partial charge on any atom is 0.418 e. The highest BCUT2D eigenvalue weighted by Crippen LogP contribution is 2.38. The maximum atomic E-state index is 12.7. The summed E-state index contributed by atoms with van der Waals surface area (Å²) < 4.78 is 43.5. The Balaban J connectivity index is 1.40. The predicted octanol–water partition coefficient (Wildman–Crippen LogP) is -0.701. The van der Waals surface area contributed by atoms with Crippen LogP contribution in [0.3, 0.4) is 0 Å². The summed E-state index contributed by atoms with van der Waals surface area (Å²) >= 11 is 0. The molecular weight excluding hydrogens is 418 g/mol. The van der Waals surface area contributed by atoms with Crippen molar-refractivity contribution in [3.05, 3.63) is 24.5 Å². The Hall–Kier alpha value is -2.19. The van der Waals surface area contributed by atoms with Crippen molar-refractivity contribution in [2.24, 2.45) is 11.7 Å². The zero-order chi connectivity index (χ0) is 21.5. The monoisotopic (exact) mass is 443 g/mol. The second-order valence-corrected chi connectivity index (χ2v) is 8.96. The SMILES string of the molecule is NC(=O)C1(OC[C@H]2C[C@@H](Cn3cccc3)CN2)CCC2CN1C(=O)N2OS(=O)(=O)O. The van der Waals surface area contributed by atoms with E-state index in [9.17, 15) is 18.0 Å². The van der Waals surface area contributed by atoms with E-state index in [0.29, 0.717) is 11.0 Å². The van der Waals surface area contributed by atoms with Crippen LogP contribution in [0.25, 0.3) is 0 Å². The predicted molar refractivity (Wildman–Crippen MR) is 102 cm³/mol. The Labute approximate surface area is 173 Å². The van der Waals surface area contributed by atoms with Crippen LogP contribution < -0.4 is 11.1 Å². The van der Waals surface area contributed by atoms with E-state index in [1.807, 2.05) is 24.5 Å². The Kier molecular flexibility index (Phi) is 5.48. The van der Waals surface area contributed by atoms with Crippen LogP contribution in [0.5, 0.6) is 0 Å². The molecule has 4 atom stereocenters. The number of nitrogens with one attached hydrogen (secondary N) is 1. The van der Waals surface area contributed by atoms with Crippen molar-refractivity contribution in [3.63, 3.8) is 0 Å². The number of amides is 3. The number of fused-ring (bicyclic) bond motifs is 2. The highest BCUT2D eigenvalue weighted by molar-refractivity contribution is 7.80. The summed E-state index contributed by atoms with van der Waals surface area (Å²) in [6.07, 6.45) is 5.17. The van der Waals surface area contributed by atoms with E-state index in [-0.39, 0.29) is 32.0 Å². The third kappa shape index (κ3) is 4.03. The molecule has 3 fully saturated rings. The fourth-order valence-electron chi connectivity index (χ4n) is 4.51. The zero-order valence-electron chi connectivity index (χ0n) is 16.2. The Morgan fingerprint density at radius 1 is 1.37 bits per heavy atom. The number of hydroxylamine groups is 2. The third-order valence-electron chi connectivity index (χ3n) is 5.93. The Bertz CT molecular complexity index is 908. The van der Waals surface area contributed by atoms with Crippen LogP contribution in [0.4, 0.5) is 4.79 Å². The first-order valence-electron chi connectivity index (χ1n) is 9.74. The average Bonchev–Trinajstić information content (AvgIpc) is 3.39. The number of nitrogens with zero attached hydrogens (tertiary/aromatic N) is 3. The van der Waals surface area contributed by atoms with Gasteiger partial charge in [-0.05, 0) is 30.9 Å². The van der Waals surface area contributed by atoms with E-state index in [1.165, 1.54) is 0 Å². The lowest BCUT2D eigenvalue weighted by atomic mass is 9.96. The van der Waals surface area contributed by atoms with Crippen molar-refractivity contribution in [1.29, 1.82) is 0 Å². The van der Waals surface area contributed by atoms with Gasteiger partial charge in [0.1, 0.15) is 0 Å². The molecule has 30 heavy (non-hydrogen) atoms. The highest BCUT2D eigenvalue weighted by atomic mass is 32.3. The van der Waals surface area contributed by atoms with Gasteiger partial charge in [0.25, 0.3) is 5.91 Å². The molecule has 0 spiro atoms. The van der Waals surface area contributed by atoms with Crippen LogP contribution >= 0.6 is 0 Å². The standard InChI is InChI=1S/C17H25N5O7S/c18-15(23)17(4-3-14-10-21(17)16(24)22(14)29-30(25,26)27)28-11-13-7-12(8-19-13)9-20-5-1-2-6-20/h1-2,5-6,12-14,19H,3-4,7-11H2,(H2,18,23)(H,25,26,27)/t12-,13-,14?,17?/m1/s1. The van der Waals surface area contributed by atoms with Crippen LogP contribution in [0, 0.1) is 5.92 Å². The van der Waals surface area contributed by atoms with Crippen LogP contribution in [-0.4, -0.2) is 76.9 Å². The molecule has 1 aromatic heterocycles. The van der Waals surface area contributed by atoms with Gasteiger partial charge in [0.05, 0.1) is 12.6 Å². The van der Waals surface area contributed by atoms with Crippen LogP contribution in [-0.2, 0) is 30.8 Å². The van der Waals surface area contributed by atoms with Crippen LogP contribution in [0.1, 0.15) is 19.3 Å². The van der Waals surface area contributed by atoms with E-state index in [2.05, 4.69) is 14.2 Å². The van der Waals surface area contributed by atoms with Gasteiger partial charge in [-0.15, -0.1) is 4.28 Å². The van der Waals surface area contributed by atoms with Crippen molar-refractivity contribution >= 4 is 22.3 Å². The number of carbonyl (C=O) groups excluding carboxylic acids is 2. The molecule has 0 saturated carbocycles. The number of piperidine rings is 1. The zero-order valence-corrected chi connectivity index (χ0v) is 17.0. The van der Waals surface area contributed by atoms with Crippen LogP contribution in [0.2, 0.25) is 0 Å². The van der Waals surface area contributed by atoms with E-state index >= 15 is 0 Å². The number of rotatable bonds is 8. The fourth-order valence-corrected chi connectivity index (χ4v) is 4.90. The topological polar surface area (TPSA) is 156 Å². The molecule has 0 radical (unpaired) electrons. The molecule has 1 aromatic rings. The van der Waals surface area contributed by atoms with Gasteiger partial charge in [-0.3, -0.25) is 14.2 Å². The maximum absolute atomic E-state index is 12.7. The summed E-state index contributed by atoms with van der Waals surface area (Å²) in [5.41, 5.74) is 3.93. The minimum atomic E-state index is -4.88. The molecule has 0 aliphatic carbocycles. The lowest BCUT2D eigenvalue weighted by Gasteiger charge is -2.40. The van der Waals surface area contributed by atoms with Gasteiger partial charge < -0.3 is 20.4 Å². The molecule has 4 N–H and O–H groups in total. The van der Waals surface area contributed by atoms with Crippen molar-refractivity contribution in [2.45, 2.75) is 43.6 Å². The molecule has 3 aliphatic heterocycles.